The van der Waals surface area contributed by atoms with Crippen molar-refractivity contribution in [3.63, 3.8) is 0 Å². The number of rotatable bonds is 3. The second-order valence-corrected chi connectivity index (χ2v) is 4.04. The van der Waals surface area contributed by atoms with Gasteiger partial charge in [-0.15, -0.1) is 11.3 Å². The first kappa shape index (κ1) is 10.8. The zero-order chi connectivity index (χ0) is 11.5. The summed E-state index contributed by atoms with van der Waals surface area (Å²) in [5, 5.41) is 1.76. The molecule has 2 rings (SSSR count). The third kappa shape index (κ3) is 1.96. The van der Waals surface area contributed by atoms with Crippen molar-refractivity contribution < 1.29 is 9.53 Å². The van der Waals surface area contributed by atoms with Gasteiger partial charge in [0.1, 0.15) is 5.69 Å². The molecule has 0 aliphatic rings. The highest BCUT2D eigenvalue weighted by Gasteiger charge is 2.13. The van der Waals surface area contributed by atoms with Gasteiger partial charge in [0.15, 0.2) is 4.96 Å². The van der Waals surface area contributed by atoms with Crippen molar-refractivity contribution in [1.82, 2.24) is 9.38 Å². The van der Waals surface area contributed by atoms with Crippen molar-refractivity contribution in [3.8, 4) is 0 Å². The third-order valence-corrected chi connectivity index (χ3v) is 2.72. The fourth-order valence-corrected chi connectivity index (χ4v) is 2.00. The fourth-order valence-electron chi connectivity index (χ4n) is 1.28. The fraction of sp³-hybridized carbons (Fsp3) is 0.300. The first-order chi connectivity index (χ1) is 7.72. The van der Waals surface area contributed by atoms with Crippen LogP contribution in [0, 0.1) is 0 Å². The van der Waals surface area contributed by atoms with E-state index in [1.165, 1.54) is 17.4 Å². The standard InChI is InChI=1S/C10H10N2O3S/c1-2-4-15-9(14)7-6-8(13)11-10-12(7)3-5-16-10/h3,5-6H,2,4H2,1H3. The van der Waals surface area contributed by atoms with Crippen LogP contribution in [0.15, 0.2) is 22.4 Å². The molecule has 0 bridgehead atoms. The van der Waals surface area contributed by atoms with Crippen LogP contribution in [0.2, 0.25) is 0 Å². The lowest BCUT2D eigenvalue weighted by molar-refractivity contribution is 0.0496. The molecule has 0 saturated carbocycles. The summed E-state index contributed by atoms with van der Waals surface area (Å²) in [5.41, 5.74) is -0.199. The summed E-state index contributed by atoms with van der Waals surface area (Å²) in [5.74, 6) is -0.491. The maximum Gasteiger partial charge on any atom is 0.355 e. The second-order valence-electron chi connectivity index (χ2n) is 3.17. The highest BCUT2D eigenvalue weighted by molar-refractivity contribution is 7.15. The minimum absolute atomic E-state index is 0.227. The number of hydrogen-bond acceptors (Lipinski definition) is 5. The molecule has 0 N–H and O–H groups in total. The molecule has 5 nitrogen and oxygen atoms in total. The van der Waals surface area contributed by atoms with Crippen molar-refractivity contribution in [1.29, 1.82) is 0 Å². The van der Waals surface area contributed by atoms with Crippen LogP contribution in [0.3, 0.4) is 0 Å². The predicted octanol–water partition coefficient (Wildman–Crippen LogP) is 1.32. The summed E-state index contributed by atoms with van der Waals surface area (Å²) in [7, 11) is 0. The van der Waals surface area contributed by atoms with Gasteiger partial charge in [0.05, 0.1) is 6.61 Å². The average Bonchev–Trinajstić information content (AvgIpc) is 2.72. The second kappa shape index (κ2) is 4.44. The van der Waals surface area contributed by atoms with Gasteiger partial charge in [-0.3, -0.25) is 9.20 Å². The van der Waals surface area contributed by atoms with Crippen molar-refractivity contribution in [2.75, 3.05) is 6.61 Å². The zero-order valence-corrected chi connectivity index (χ0v) is 9.49. The predicted molar refractivity (Wildman–Crippen MR) is 59.9 cm³/mol. The van der Waals surface area contributed by atoms with E-state index in [-0.39, 0.29) is 5.69 Å². The van der Waals surface area contributed by atoms with Gasteiger partial charge in [0.2, 0.25) is 0 Å². The number of thiazole rings is 1. The molecule has 0 atom stereocenters. The Bertz CT molecular complexity index is 573. The van der Waals surface area contributed by atoms with E-state index in [9.17, 15) is 9.59 Å². The zero-order valence-electron chi connectivity index (χ0n) is 8.67. The molecule has 0 aromatic carbocycles. The summed E-state index contributed by atoms with van der Waals surface area (Å²) in [4.78, 5) is 27.2. The molecule has 0 unspecified atom stereocenters. The van der Waals surface area contributed by atoms with Gasteiger partial charge in [-0.05, 0) is 6.42 Å². The molecule has 2 aromatic heterocycles. The number of hydrogen-bond donors (Lipinski definition) is 0. The first-order valence-electron chi connectivity index (χ1n) is 4.86. The number of esters is 1. The monoisotopic (exact) mass is 238 g/mol. The van der Waals surface area contributed by atoms with Crippen molar-refractivity contribution in [2.24, 2.45) is 0 Å². The maximum atomic E-state index is 11.7. The van der Waals surface area contributed by atoms with E-state index in [4.69, 9.17) is 4.74 Å². The van der Waals surface area contributed by atoms with Crippen LogP contribution in [0.5, 0.6) is 0 Å². The van der Waals surface area contributed by atoms with Crippen LogP contribution in [-0.4, -0.2) is 22.0 Å². The number of ether oxygens (including phenoxy) is 1. The molecule has 0 aliphatic carbocycles. The molecule has 0 saturated heterocycles. The average molecular weight is 238 g/mol. The van der Waals surface area contributed by atoms with Crippen LogP contribution >= 0.6 is 11.3 Å². The molecule has 2 heterocycles. The lowest BCUT2D eigenvalue weighted by atomic mass is 10.4. The summed E-state index contributed by atoms with van der Waals surface area (Å²) in [6.07, 6.45) is 2.44. The molecule has 6 heteroatoms. The van der Waals surface area contributed by atoms with E-state index in [1.807, 2.05) is 6.92 Å². The number of nitrogens with zero attached hydrogens (tertiary/aromatic N) is 2. The highest BCUT2D eigenvalue weighted by atomic mass is 32.1. The lowest BCUT2D eigenvalue weighted by Gasteiger charge is -2.04. The summed E-state index contributed by atoms with van der Waals surface area (Å²) in [6.45, 7) is 2.26. The van der Waals surface area contributed by atoms with E-state index in [1.54, 1.807) is 16.0 Å². The van der Waals surface area contributed by atoms with Crippen LogP contribution < -0.4 is 5.56 Å². The first-order valence-corrected chi connectivity index (χ1v) is 5.74. The Kier molecular flexibility index (Phi) is 3.00. The minimum Gasteiger partial charge on any atom is -0.461 e. The Morgan fingerprint density at radius 1 is 1.62 bits per heavy atom. The van der Waals surface area contributed by atoms with Crippen molar-refractivity contribution >= 4 is 22.3 Å². The normalized spacial score (nSPS) is 10.6. The molecule has 2 aromatic rings. The van der Waals surface area contributed by atoms with Crippen LogP contribution in [0.4, 0.5) is 0 Å². The molecular weight excluding hydrogens is 228 g/mol. The molecule has 84 valence electrons. The Morgan fingerprint density at radius 2 is 2.44 bits per heavy atom. The Labute approximate surface area is 95.3 Å². The lowest BCUT2D eigenvalue weighted by Crippen LogP contribution is -2.16. The molecule has 0 radical (unpaired) electrons. The Balaban J connectivity index is 2.46. The summed E-state index contributed by atoms with van der Waals surface area (Å²) < 4.78 is 6.55. The molecule has 0 spiro atoms. The van der Waals surface area contributed by atoms with Crippen LogP contribution in [0.25, 0.3) is 4.96 Å². The van der Waals surface area contributed by atoms with E-state index in [0.29, 0.717) is 11.6 Å². The van der Waals surface area contributed by atoms with Crippen molar-refractivity contribution in [3.05, 3.63) is 33.7 Å². The van der Waals surface area contributed by atoms with Gasteiger partial charge in [-0.1, -0.05) is 6.92 Å². The largest absolute Gasteiger partial charge is 0.461 e. The Morgan fingerprint density at radius 3 is 3.19 bits per heavy atom. The van der Waals surface area contributed by atoms with Gasteiger partial charge < -0.3 is 4.74 Å². The number of carbonyl (C=O) groups is 1. The highest BCUT2D eigenvalue weighted by Crippen LogP contribution is 2.10. The third-order valence-electron chi connectivity index (χ3n) is 1.96. The van der Waals surface area contributed by atoms with Gasteiger partial charge in [0.25, 0.3) is 5.56 Å². The molecule has 0 amide bonds. The van der Waals surface area contributed by atoms with Crippen molar-refractivity contribution in [2.45, 2.75) is 13.3 Å². The van der Waals surface area contributed by atoms with E-state index < -0.39 is 11.5 Å². The number of carbonyl (C=O) groups excluding carboxylic acids is 1. The molecule has 0 fully saturated rings. The van der Waals surface area contributed by atoms with Crippen LogP contribution in [0.1, 0.15) is 23.8 Å². The van der Waals surface area contributed by atoms with E-state index >= 15 is 0 Å². The quantitative estimate of drug-likeness (QED) is 0.757. The smallest absolute Gasteiger partial charge is 0.355 e. The number of fused-ring (bicyclic) bond motifs is 1. The maximum absolute atomic E-state index is 11.7. The minimum atomic E-state index is -0.491. The van der Waals surface area contributed by atoms with Crippen LogP contribution in [-0.2, 0) is 4.74 Å². The summed E-state index contributed by atoms with van der Waals surface area (Å²) >= 11 is 1.30. The topological polar surface area (TPSA) is 60.7 Å². The van der Waals surface area contributed by atoms with E-state index in [0.717, 1.165) is 6.42 Å². The molecular formula is C10H10N2O3S. The van der Waals surface area contributed by atoms with Gasteiger partial charge in [0, 0.05) is 17.6 Å². The molecule has 16 heavy (non-hydrogen) atoms. The van der Waals surface area contributed by atoms with Gasteiger partial charge in [-0.2, -0.15) is 4.98 Å². The number of aromatic nitrogens is 2. The Hall–Kier alpha value is -1.69. The molecule has 0 aliphatic heterocycles. The SMILES string of the molecule is CCCOC(=O)c1cc(=O)nc2sccn12. The van der Waals surface area contributed by atoms with E-state index in [2.05, 4.69) is 4.98 Å². The van der Waals surface area contributed by atoms with Gasteiger partial charge >= 0.3 is 5.97 Å². The van der Waals surface area contributed by atoms with Gasteiger partial charge in [-0.25, -0.2) is 4.79 Å². The summed E-state index contributed by atoms with van der Waals surface area (Å²) in [6, 6.07) is 1.19.